The van der Waals surface area contributed by atoms with Crippen molar-refractivity contribution in [2.45, 2.75) is 26.2 Å². The van der Waals surface area contributed by atoms with Gasteiger partial charge in [-0.3, -0.25) is 0 Å². The van der Waals surface area contributed by atoms with Crippen LogP contribution in [0.5, 0.6) is 0 Å². The van der Waals surface area contributed by atoms with Gasteiger partial charge >= 0.3 is 12.0 Å². The zero-order chi connectivity index (χ0) is 15.4. The summed E-state index contributed by atoms with van der Waals surface area (Å²) in [4.78, 5) is 24.9. The molecular formula is C15H19ClN2O3. The second-order valence-corrected chi connectivity index (χ2v) is 5.70. The number of aromatic carboxylic acids is 1. The molecule has 5 nitrogen and oxygen atoms in total. The molecule has 1 unspecified atom stereocenters. The largest absolute Gasteiger partial charge is 0.478 e. The number of anilines is 1. The lowest BCUT2D eigenvalue weighted by Gasteiger charge is -2.32. The maximum atomic E-state index is 12.2. The summed E-state index contributed by atoms with van der Waals surface area (Å²) in [5.41, 5.74) is 0.535. The van der Waals surface area contributed by atoms with Crippen LogP contribution >= 0.6 is 11.6 Å². The second kappa shape index (κ2) is 6.80. The molecule has 0 radical (unpaired) electrons. The molecule has 1 aromatic rings. The van der Waals surface area contributed by atoms with Gasteiger partial charge in [0.25, 0.3) is 0 Å². The van der Waals surface area contributed by atoms with Crippen LogP contribution in [0.3, 0.4) is 0 Å². The minimum Gasteiger partial charge on any atom is -0.478 e. The molecule has 6 heteroatoms. The molecule has 0 aromatic heterocycles. The predicted molar refractivity (Wildman–Crippen MR) is 82.0 cm³/mol. The summed E-state index contributed by atoms with van der Waals surface area (Å²) in [7, 11) is 0. The topological polar surface area (TPSA) is 69.6 Å². The van der Waals surface area contributed by atoms with E-state index < -0.39 is 5.97 Å². The lowest BCUT2D eigenvalue weighted by molar-refractivity contribution is 0.0697. The summed E-state index contributed by atoms with van der Waals surface area (Å²) in [6.45, 7) is 3.66. The minimum absolute atomic E-state index is 0.0266. The third-order valence-corrected chi connectivity index (χ3v) is 4.15. The fraction of sp³-hybridized carbons (Fsp3) is 0.467. The maximum Gasteiger partial charge on any atom is 0.337 e. The Morgan fingerprint density at radius 1 is 1.48 bits per heavy atom. The van der Waals surface area contributed by atoms with Gasteiger partial charge in [0, 0.05) is 18.8 Å². The Bertz CT molecular complexity index is 548. The van der Waals surface area contributed by atoms with Gasteiger partial charge in [0.1, 0.15) is 0 Å². The van der Waals surface area contributed by atoms with E-state index in [9.17, 15) is 9.59 Å². The van der Waals surface area contributed by atoms with Crippen LogP contribution in [0, 0.1) is 5.92 Å². The van der Waals surface area contributed by atoms with E-state index in [0.29, 0.717) is 11.6 Å². The second-order valence-electron chi connectivity index (χ2n) is 5.29. The molecule has 1 aliphatic heterocycles. The number of halogens is 1. The molecule has 1 heterocycles. The van der Waals surface area contributed by atoms with E-state index in [4.69, 9.17) is 16.7 Å². The van der Waals surface area contributed by atoms with Crippen molar-refractivity contribution in [2.75, 3.05) is 18.4 Å². The number of nitrogens with one attached hydrogen (secondary N) is 1. The number of carboxylic acid groups (broad SMARTS) is 1. The Morgan fingerprint density at radius 2 is 2.24 bits per heavy atom. The molecule has 1 aromatic carbocycles. The van der Waals surface area contributed by atoms with Gasteiger partial charge in [-0.25, -0.2) is 9.59 Å². The molecule has 1 atom stereocenters. The molecule has 2 amide bonds. The van der Waals surface area contributed by atoms with Gasteiger partial charge in [0.15, 0.2) is 0 Å². The van der Waals surface area contributed by atoms with Crippen molar-refractivity contribution in [1.82, 2.24) is 4.90 Å². The van der Waals surface area contributed by atoms with Gasteiger partial charge in [0.05, 0.1) is 10.6 Å². The number of piperidine rings is 1. The highest BCUT2D eigenvalue weighted by Gasteiger charge is 2.22. The molecule has 1 aliphatic rings. The van der Waals surface area contributed by atoms with Gasteiger partial charge in [-0.1, -0.05) is 24.9 Å². The monoisotopic (exact) mass is 310 g/mol. The third-order valence-electron chi connectivity index (χ3n) is 3.83. The molecule has 2 N–H and O–H groups in total. The Kier molecular flexibility index (Phi) is 5.07. The lowest BCUT2D eigenvalue weighted by atomic mass is 9.96. The van der Waals surface area contributed by atoms with Crippen LogP contribution in [0.4, 0.5) is 10.5 Å². The fourth-order valence-electron chi connectivity index (χ4n) is 2.55. The zero-order valence-electron chi connectivity index (χ0n) is 11.9. The first-order valence-corrected chi connectivity index (χ1v) is 7.47. The highest BCUT2D eigenvalue weighted by atomic mass is 35.5. The van der Waals surface area contributed by atoms with Crippen molar-refractivity contribution in [3.63, 3.8) is 0 Å². The van der Waals surface area contributed by atoms with E-state index in [2.05, 4.69) is 12.2 Å². The molecule has 114 valence electrons. The van der Waals surface area contributed by atoms with Gasteiger partial charge in [0.2, 0.25) is 0 Å². The Labute approximate surface area is 128 Å². The van der Waals surface area contributed by atoms with E-state index in [0.717, 1.165) is 25.9 Å². The highest BCUT2D eigenvalue weighted by Crippen LogP contribution is 2.23. The number of hydrogen-bond acceptors (Lipinski definition) is 2. The Morgan fingerprint density at radius 3 is 2.86 bits per heavy atom. The van der Waals surface area contributed by atoms with Crippen LogP contribution in [0.15, 0.2) is 18.2 Å². The predicted octanol–water partition coefficient (Wildman–Crippen LogP) is 3.69. The summed E-state index contributed by atoms with van der Waals surface area (Å²) in [6, 6.07) is 4.25. The molecule has 0 aliphatic carbocycles. The number of nitrogens with zero attached hydrogens (tertiary/aromatic N) is 1. The van der Waals surface area contributed by atoms with Gasteiger partial charge in [-0.2, -0.15) is 0 Å². The van der Waals surface area contributed by atoms with E-state index in [1.165, 1.54) is 18.6 Å². The summed E-state index contributed by atoms with van der Waals surface area (Å²) >= 11 is 5.89. The van der Waals surface area contributed by atoms with E-state index in [1.54, 1.807) is 11.0 Å². The van der Waals surface area contributed by atoms with Crippen LogP contribution in [-0.4, -0.2) is 35.1 Å². The van der Waals surface area contributed by atoms with Crippen LogP contribution < -0.4 is 5.32 Å². The fourth-order valence-corrected chi connectivity index (χ4v) is 2.81. The van der Waals surface area contributed by atoms with Crippen molar-refractivity contribution < 1.29 is 14.7 Å². The van der Waals surface area contributed by atoms with E-state index in [1.807, 2.05) is 0 Å². The molecular weight excluding hydrogens is 292 g/mol. The summed E-state index contributed by atoms with van der Waals surface area (Å²) in [5, 5.41) is 11.8. The number of urea groups is 1. The first-order chi connectivity index (χ1) is 10.0. The van der Waals surface area contributed by atoms with Gasteiger partial charge < -0.3 is 15.3 Å². The molecule has 2 rings (SSSR count). The number of carboxylic acids is 1. The first-order valence-electron chi connectivity index (χ1n) is 7.10. The van der Waals surface area contributed by atoms with Crippen molar-refractivity contribution in [2.24, 2.45) is 5.92 Å². The summed E-state index contributed by atoms with van der Waals surface area (Å²) < 4.78 is 0. The van der Waals surface area contributed by atoms with Gasteiger partial charge in [-0.05, 0) is 37.0 Å². The van der Waals surface area contributed by atoms with Crippen molar-refractivity contribution in [3.8, 4) is 0 Å². The zero-order valence-corrected chi connectivity index (χ0v) is 12.7. The Hall–Kier alpha value is -1.75. The lowest BCUT2D eigenvalue weighted by Crippen LogP contribution is -2.42. The van der Waals surface area contributed by atoms with Crippen LogP contribution in [0.2, 0.25) is 5.02 Å². The number of hydrogen-bond donors (Lipinski definition) is 2. The van der Waals surface area contributed by atoms with Gasteiger partial charge in [-0.15, -0.1) is 0 Å². The Balaban J connectivity index is 2.02. The van der Waals surface area contributed by atoms with Crippen molar-refractivity contribution >= 4 is 29.3 Å². The van der Waals surface area contributed by atoms with Crippen molar-refractivity contribution in [1.29, 1.82) is 0 Å². The third kappa shape index (κ3) is 3.88. The summed E-state index contributed by atoms with van der Waals surface area (Å²) in [6.07, 6.45) is 3.26. The SMILES string of the molecule is CCC1CCCN(C(=O)Nc2ccc(C(=O)O)c(Cl)c2)C1. The average molecular weight is 311 g/mol. The molecule has 1 fully saturated rings. The number of rotatable bonds is 3. The van der Waals surface area contributed by atoms with Crippen LogP contribution in [-0.2, 0) is 0 Å². The number of likely N-dealkylation sites (tertiary alicyclic amines) is 1. The summed E-state index contributed by atoms with van der Waals surface area (Å²) in [5.74, 6) is -0.526. The van der Waals surface area contributed by atoms with E-state index in [-0.39, 0.29) is 16.6 Å². The van der Waals surface area contributed by atoms with Crippen LogP contribution in [0.1, 0.15) is 36.5 Å². The smallest absolute Gasteiger partial charge is 0.337 e. The highest BCUT2D eigenvalue weighted by molar-refractivity contribution is 6.33. The van der Waals surface area contributed by atoms with E-state index >= 15 is 0 Å². The number of benzene rings is 1. The molecule has 1 saturated heterocycles. The molecule has 0 spiro atoms. The number of amides is 2. The normalized spacial score (nSPS) is 18.4. The first kappa shape index (κ1) is 15.6. The molecule has 0 saturated carbocycles. The standard InChI is InChI=1S/C15H19ClN2O3/c1-2-10-4-3-7-18(9-10)15(21)17-11-5-6-12(14(19)20)13(16)8-11/h5-6,8,10H,2-4,7,9H2,1H3,(H,17,21)(H,19,20). The number of carbonyl (C=O) groups is 2. The van der Waals surface area contributed by atoms with Crippen molar-refractivity contribution in [3.05, 3.63) is 28.8 Å². The molecule has 0 bridgehead atoms. The minimum atomic E-state index is -1.08. The maximum absolute atomic E-state index is 12.2. The quantitative estimate of drug-likeness (QED) is 0.894. The number of carbonyl (C=O) groups excluding carboxylic acids is 1. The average Bonchev–Trinajstić information content (AvgIpc) is 2.47. The molecule has 21 heavy (non-hydrogen) atoms. The van der Waals surface area contributed by atoms with Crippen LogP contribution in [0.25, 0.3) is 0 Å².